The molecule has 4 fully saturated rings. The number of anilines is 1. The Morgan fingerprint density at radius 3 is 2.18 bits per heavy atom. The molecule has 0 spiro atoms. The van der Waals surface area contributed by atoms with E-state index in [9.17, 15) is 33.6 Å². The molecule has 5 atom stereocenters. The lowest BCUT2D eigenvalue weighted by molar-refractivity contribution is -0.156. The number of rotatable bonds is 3. The number of esters is 1. The van der Waals surface area contributed by atoms with Crippen molar-refractivity contribution in [2.75, 3.05) is 38.1 Å². The number of piperidine rings is 1. The lowest BCUT2D eigenvalue weighted by Gasteiger charge is -2.38. The van der Waals surface area contributed by atoms with Gasteiger partial charge in [0.05, 0.1) is 13.0 Å². The predicted octanol–water partition coefficient (Wildman–Crippen LogP) is 2.99. The summed E-state index contributed by atoms with van der Waals surface area (Å²) in [6.07, 6.45) is 3.88. The first-order valence-electron chi connectivity index (χ1n) is 18.7. The molecule has 0 saturated carbocycles. The number of cyclic esters (lactones) is 1. The van der Waals surface area contributed by atoms with Gasteiger partial charge in [-0.05, 0) is 82.6 Å². The molecule has 0 aromatic heterocycles. The maximum Gasteiger partial charge on any atom is 0.328 e. The number of aryl methyl sites for hydroxylation is 1. The third kappa shape index (κ3) is 12.4. The van der Waals surface area contributed by atoms with Crippen molar-refractivity contribution in [1.29, 1.82) is 0 Å². The number of halogens is 1. The zero-order chi connectivity index (χ0) is 40.1. The van der Waals surface area contributed by atoms with E-state index in [0.29, 0.717) is 56.0 Å². The number of carbonyl (C=O) groups is 7. The Hall–Kier alpha value is -5.18. The highest BCUT2D eigenvalue weighted by Crippen LogP contribution is 2.27. The molecule has 0 aliphatic carbocycles. The molecule has 16 heteroatoms. The Morgan fingerprint density at radius 2 is 1.53 bits per heavy atom. The summed E-state index contributed by atoms with van der Waals surface area (Å²) in [5.41, 5.74) is 6.76. The van der Waals surface area contributed by atoms with E-state index in [0.717, 1.165) is 12.8 Å². The summed E-state index contributed by atoms with van der Waals surface area (Å²) >= 11 is 5.66. The fraction of sp³-hybridized carbons (Fsp3) is 0.513. The Morgan fingerprint density at radius 1 is 0.855 bits per heavy atom. The van der Waals surface area contributed by atoms with Gasteiger partial charge in [-0.25, -0.2) is 9.59 Å². The van der Waals surface area contributed by atoms with Crippen LogP contribution in [0.4, 0.5) is 10.5 Å². The van der Waals surface area contributed by atoms with Gasteiger partial charge in [0, 0.05) is 30.3 Å². The van der Waals surface area contributed by atoms with E-state index in [2.05, 4.69) is 35.0 Å². The molecule has 2 aromatic rings. The van der Waals surface area contributed by atoms with Crippen molar-refractivity contribution in [2.45, 2.75) is 89.9 Å². The first-order chi connectivity index (χ1) is 26.2. The molecule has 5 N–H and O–H groups in total. The van der Waals surface area contributed by atoms with Crippen LogP contribution in [0.1, 0.15) is 64.4 Å². The van der Waals surface area contributed by atoms with Crippen LogP contribution in [0.2, 0.25) is 5.02 Å². The molecule has 55 heavy (non-hydrogen) atoms. The quantitative estimate of drug-likeness (QED) is 0.341. The number of nitrogens with zero attached hydrogens (tertiary/aromatic N) is 3. The van der Waals surface area contributed by atoms with E-state index < -0.39 is 42.1 Å². The van der Waals surface area contributed by atoms with Gasteiger partial charge >= 0.3 is 12.0 Å². The van der Waals surface area contributed by atoms with E-state index >= 15 is 0 Å². The molecule has 298 valence electrons. The zero-order valence-electron chi connectivity index (χ0n) is 31.6. The van der Waals surface area contributed by atoms with E-state index in [-0.39, 0.29) is 49.1 Å². The summed E-state index contributed by atoms with van der Waals surface area (Å²) in [7, 11) is 0. The summed E-state index contributed by atoms with van der Waals surface area (Å²) < 4.78 is 5.38. The van der Waals surface area contributed by atoms with Gasteiger partial charge in [0.1, 0.15) is 30.8 Å². The molecule has 0 bridgehead atoms. The summed E-state index contributed by atoms with van der Waals surface area (Å²) in [5.74, 6) is -2.15. The Balaban J connectivity index is 0.000000250. The number of hydrogen-bond donors (Lipinski definition) is 4. The normalized spacial score (nSPS) is 24.4. The number of nitrogens with two attached hydrogens (primary N) is 1. The van der Waals surface area contributed by atoms with Crippen LogP contribution in [-0.4, -0.2) is 113 Å². The summed E-state index contributed by atoms with van der Waals surface area (Å²) in [6.45, 7) is 6.72. The van der Waals surface area contributed by atoms with Crippen molar-refractivity contribution >= 4 is 58.8 Å². The standard InChI is InChI=1S/C23H34N4O6.C9H10ClN3O2.C7H8/c1-14-12-18-23(32)33-11-8-19(28)25-10-5-7-17(25)22(31)26-9-4-3-6-16(26)20(29)24-15(2)21(30)27(18)13-14;10-6-1-3-7(4-2-6)13-9(15)12-5-8(11)14;1-7-5-3-2-4-6-7/h14-18H,3-13H2,1-2H3,(H,24,29);1-4H,5H2,(H2,11,14)(H2,12,13,15);2-6H,1H3. The molecule has 4 saturated heterocycles. The molecule has 4 aliphatic heterocycles. The largest absolute Gasteiger partial charge is 0.464 e. The second-order valence-corrected chi connectivity index (χ2v) is 14.7. The van der Waals surface area contributed by atoms with E-state index in [1.165, 1.54) is 10.5 Å². The van der Waals surface area contributed by atoms with Gasteiger partial charge in [-0.2, -0.15) is 0 Å². The van der Waals surface area contributed by atoms with Crippen LogP contribution in [0.5, 0.6) is 0 Å². The number of primary amides is 1. The molecule has 2 aromatic carbocycles. The number of urea groups is 1. The van der Waals surface area contributed by atoms with Crippen molar-refractivity contribution in [3.05, 3.63) is 65.2 Å². The van der Waals surface area contributed by atoms with Crippen molar-refractivity contribution in [3.8, 4) is 0 Å². The average molecular weight is 782 g/mol. The molecule has 4 aliphatic rings. The lowest BCUT2D eigenvalue weighted by Crippen LogP contribution is -2.59. The maximum absolute atomic E-state index is 13.4. The maximum atomic E-state index is 13.4. The number of benzene rings is 2. The van der Waals surface area contributed by atoms with Gasteiger partial charge < -0.3 is 41.1 Å². The fourth-order valence-electron chi connectivity index (χ4n) is 7.00. The molecule has 6 rings (SSSR count). The van der Waals surface area contributed by atoms with E-state index in [1.807, 2.05) is 25.1 Å². The molecule has 5 unspecified atom stereocenters. The van der Waals surface area contributed by atoms with Crippen molar-refractivity contribution in [3.63, 3.8) is 0 Å². The van der Waals surface area contributed by atoms with E-state index in [1.54, 1.807) is 41.0 Å². The summed E-state index contributed by atoms with van der Waals surface area (Å²) in [6, 6.07) is 13.5. The van der Waals surface area contributed by atoms with Gasteiger partial charge in [-0.1, -0.05) is 54.4 Å². The Labute approximate surface area is 326 Å². The van der Waals surface area contributed by atoms with Crippen LogP contribution in [0.15, 0.2) is 54.6 Å². The van der Waals surface area contributed by atoms with Crippen LogP contribution in [-0.2, 0) is 33.5 Å². The van der Waals surface area contributed by atoms with Gasteiger partial charge in [0.15, 0.2) is 0 Å². The second-order valence-electron chi connectivity index (χ2n) is 14.2. The highest BCUT2D eigenvalue weighted by atomic mass is 35.5. The number of carbonyl (C=O) groups excluding carboxylic acids is 7. The highest BCUT2D eigenvalue weighted by molar-refractivity contribution is 6.30. The third-order valence-electron chi connectivity index (χ3n) is 9.77. The monoisotopic (exact) mass is 781 g/mol. The smallest absolute Gasteiger partial charge is 0.328 e. The average Bonchev–Trinajstić information content (AvgIpc) is 3.82. The van der Waals surface area contributed by atoms with Gasteiger partial charge in [0.2, 0.25) is 29.5 Å². The molecule has 15 nitrogen and oxygen atoms in total. The number of hydrogen-bond acceptors (Lipinski definition) is 8. The lowest BCUT2D eigenvalue weighted by atomic mass is 9.99. The number of nitrogens with one attached hydrogen (secondary N) is 3. The predicted molar refractivity (Wildman–Crippen MR) is 205 cm³/mol. The number of amides is 7. The van der Waals surface area contributed by atoms with Crippen LogP contribution < -0.4 is 21.7 Å². The first kappa shape index (κ1) is 42.6. The molecule has 4 heterocycles. The second kappa shape index (κ2) is 20.5. The van der Waals surface area contributed by atoms with Crippen LogP contribution in [0.3, 0.4) is 0 Å². The number of ether oxygens (including phenoxy) is 1. The SMILES string of the molecule is CC1CC2C(=O)OCCC(=O)N3CCCC3C(=O)N3CCCCC3C(=O)NC(C)C(=O)N2C1.Cc1ccccc1.NC(=O)CNC(=O)Nc1ccc(Cl)cc1. The highest BCUT2D eigenvalue weighted by Gasteiger charge is 2.44. The van der Waals surface area contributed by atoms with Crippen molar-refractivity contribution in [1.82, 2.24) is 25.3 Å². The Kier molecular flexibility index (Phi) is 15.9. The minimum absolute atomic E-state index is 0.00788. The Bertz CT molecular complexity index is 1680. The van der Waals surface area contributed by atoms with Crippen LogP contribution >= 0.6 is 11.6 Å². The molecular formula is C39H52ClN7O8. The molecule has 7 amide bonds. The minimum Gasteiger partial charge on any atom is -0.464 e. The van der Waals surface area contributed by atoms with Gasteiger partial charge in [-0.3, -0.25) is 24.0 Å². The van der Waals surface area contributed by atoms with E-state index in [4.69, 9.17) is 22.1 Å². The van der Waals surface area contributed by atoms with Crippen LogP contribution in [0, 0.1) is 12.8 Å². The van der Waals surface area contributed by atoms with Crippen LogP contribution in [0.25, 0.3) is 0 Å². The summed E-state index contributed by atoms with van der Waals surface area (Å²) in [5, 5.41) is 8.16. The van der Waals surface area contributed by atoms with Crippen molar-refractivity contribution in [2.24, 2.45) is 11.7 Å². The number of fused-ring (bicyclic) bond motifs is 3. The molecular weight excluding hydrogens is 730 g/mol. The zero-order valence-corrected chi connectivity index (χ0v) is 32.4. The topological polar surface area (TPSA) is 201 Å². The minimum atomic E-state index is -0.825. The van der Waals surface area contributed by atoms with Crippen molar-refractivity contribution < 1.29 is 38.3 Å². The van der Waals surface area contributed by atoms with Gasteiger partial charge in [0.25, 0.3) is 0 Å². The van der Waals surface area contributed by atoms with Gasteiger partial charge in [-0.15, -0.1) is 0 Å². The fourth-order valence-corrected chi connectivity index (χ4v) is 7.13. The first-order valence-corrected chi connectivity index (χ1v) is 19.1. The molecule has 0 radical (unpaired) electrons. The summed E-state index contributed by atoms with van der Waals surface area (Å²) in [4.78, 5) is 91.5. The third-order valence-corrected chi connectivity index (χ3v) is 10.0.